The van der Waals surface area contributed by atoms with Gasteiger partial charge in [-0.15, -0.1) is 0 Å². The molecule has 4 nitrogen and oxygen atoms in total. The number of nitrogens with two attached hydrogens (primary N) is 1. The zero-order valence-electron chi connectivity index (χ0n) is 7.61. The van der Waals surface area contributed by atoms with Gasteiger partial charge in [-0.2, -0.15) is 0 Å². The van der Waals surface area contributed by atoms with Gasteiger partial charge in [0, 0.05) is 23.0 Å². The van der Waals surface area contributed by atoms with Gasteiger partial charge in [-0.3, -0.25) is 10.1 Å². The molecular formula is C9H8BrFN2O2. The van der Waals surface area contributed by atoms with Crippen LogP contribution in [0.2, 0.25) is 0 Å². The summed E-state index contributed by atoms with van der Waals surface area (Å²) in [5.74, 6) is -0.574. The van der Waals surface area contributed by atoms with E-state index in [1.807, 2.05) is 0 Å². The number of benzene rings is 1. The molecule has 1 rings (SSSR count). The Labute approximate surface area is 93.9 Å². The lowest BCUT2D eigenvalue weighted by molar-refractivity contribution is -0.383. The molecule has 0 saturated carbocycles. The molecule has 2 N–H and O–H groups in total. The van der Waals surface area contributed by atoms with Gasteiger partial charge < -0.3 is 5.73 Å². The average Bonchev–Trinajstić information content (AvgIpc) is 2.16. The Morgan fingerprint density at radius 3 is 2.80 bits per heavy atom. The number of hydrogen-bond acceptors (Lipinski definition) is 3. The van der Waals surface area contributed by atoms with Crippen molar-refractivity contribution in [3.63, 3.8) is 0 Å². The lowest BCUT2D eigenvalue weighted by atomic mass is 10.1. The molecule has 0 spiro atoms. The summed E-state index contributed by atoms with van der Waals surface area (Å²) in [7, 11) is 0. The molecule has 1 aromatic rings. The highest BCUT2D eigenvalue weighted by Gasteiger charge is 2.14. The van der Waals surface area contributed by atoms with E-state index in [9.17, 15) is 14.5 Å². The fourth-order valence-electron chi connectivity index (χ4n) is 1.05. The third-order valence-electron chi connectivity index (χ3n) is 1.73. The smallest absolute Gasteiger partial charge is 0.292 e. The fourth-order valence-corrected chi connectivity index (χ4v) is 1.24. The van der Waals surface area contributed by atoms with Crippen LogP contribution in [0, 0.1) is 15.9 Å². The van der Waals surface area contributed by atoms with Gasteiger partial charge in [0.25, 0.3) is 5.69 Å². The second-order valence-electron chi connectivity index (χ2n) is 2.75. The van der Waals surface area contributed by atoms with Crippen molar-refractivity contribution in [2.75, 3.05) is 11.1 Å². The van der Waals surface area contributed by atoms with Crippen molar-refractivity contribution in [3.05, 3.63) is 39.7 Å². The molecule has 0 unspecified atom stereocenters. The standard InChI is InChI=1S/C9H8BrFN2O2/c10-3-1-2-6-4-9(13(14)15)8(12)5-7(6)11/h1-2,4-5H,3,12H2. The van der Waals surface area contributed by atoms with Gasteiger partial charge in [0.15, 0.2) is 0 Å². The number of allylic oxidation sites excluding steroid dienone is 1. The van der Waals surface area contributed by atoms with Gasteiger partial charge >= 0.3 is 0 Å². The highest BCUT2D eigenvalue weighted by Crippen LogP contribution is 2.25. The zero-order chi connectivity index (χ0) is 11.4. The van der Waals surface area contributed by atoms with Crippen molar-refractivity contribution >= 4 is 33.4 Å². The first-order valence-electron chi connectivity index (χ1n) is 4.02. The Kier molecular flexibility index (Phi) is 3.79. The maximum absolute atomic E-state index is 13.2. The molecule has 80 valence electrons. The largest absolute Gasteiger partial charge is 0.393 e. The Morgan fingerprint density at radius 1 is 1.60 bits per heavy atom. The molecule has 15 heavy (non-hydrogen) atoms. The first kappa shape index (κ1) is 11.6. The van der Waals surface area contributed by atoms with Crippen LogP contribution < -0.4 is 5.73 Å². The van der Waals surface area contributed by atoms with Gasteiger partial charge in [0.2, 0.25) is 0 Å². The molecule has 0 radical (unpaired) electrons. The average molecular weight is 275 g/mol. The summed E-state index contributed by atoms with van der Waals surface area (Å²) >= 11 is 3.13. The summed E-state index contributed by atoms with van der Waals surface area (Å²) in [6, 6.07) is 2.07. The van der Waals surface area contributed by atoms with E-state index < -0.39 is 10.7 Å². The molecule has 1 aromatic carbocycles. The molecule has 0 saturated heterocycles. The summed E-state index contributed by atoms with van der Waals surface area (Å²) in [6.45, 7) is 0. The SMILES string of the molecule is Nc1cc(F)c(C=CCBr)cc1[N+](=O)[O-]. The lowest BCUT2D eigenvalue weighted by Crippen LogP contribution is -1.98. The monoisotopic (exact) mass is 274 g/mol. The number of rotatable bonds is 3. The van der Waals surface area contributed by atoms with E-state index in [-0.39, 0.29) is 16.9 Å². The van der Waals surface area contributed by atoms with E-state index in [2.05, 4.69) is 15.9 Å². The van der Waals surface area contributed by atoms with Gasteiger partial charge in [0.05, 0.1) is 4.92 Å². The quantitative estimate of drug-likeness (QED) is 0.399. The molecule has 0 fully saturated rings. The molecule has 0 amide bonds. The van der Waals surface area contributed by atoms with Crippen molar-refractivity contribution in [2.24, 2.45) is 0 Å². The minimum absolute atomic E-state index is 0.148. The first-order valence-corrected chi connectivity index (χ1v) is 5.14. The highest BCUT2D eigenvalue weighted by molar-refractivity contribution is 9.09. The normalized spacial score (nSPS) is 10.8. The van der Waals surface area contributed by atoms with E-state index in [0.717, 1.165) is 12.1 Å². The van der Waals surface area contributed by atoms with E-state index >= 15 is 0 Å². The molecule has 0 aliphatic heterocycles. The molecule has 0 aliphatic carbocycles. The van der Waals surface area contributed by atoms with Gasteiger partial charge in [-0.25, -0.2) is 4.39 Å². The van der Waals surface area contributed by atoms with E-state index in [1.165, 1.54) is 6.08 Å². The molecule has 6 heteroatoms. The van der Waals surface area contributed by atoms with Crippen LogP contribution >= 0.6 is 15.9 Å². The van der Waals surface area contributed by atoms with Crippen LogP contribution in [-0.2, 0) is 0 Å². The number of nitrogen functional groups attached to an aromatic ring is 1. The number of nitro groups is 1. The number of nitro benzene ring substituents is 1. The van der Waals surface area contributed by atoms with Crippen molar-refractivity contribution in [2.45, 2.75) is 0 Å². The predicted octanol–water partition coefficient (Wildman–Crippen LogP) is 2.72. The Morgan fingerprint density at radius 2 is 2.27 bits per heavy atom. The van der Waals surface area contributed by atoms with Crippen LogP contribution in [0.5, 0.6) is 0 Å². The zero-order valence-corrected chi connectivity index (χ0v) is 9.20. The van der Waals surface area contributed by atoms with E-state index in [4.69, 9.17) is 5.73 Å². The van der Waals surface area contributed by atoms with Crippen LogP contribution in [0.1, 0.15) is 5.56 Å². The molecular weight excluding hydrogens is 267 g/mol. The third-order valence-corrected chi connectivity index (χ3v) is 2.10. The first-order chi connectivity index (χ1) is 7.06. The Bertz CT molecular complexity index is 421. The number of halogens is 2. The Hall–Kier alpha value is -1.43. The second-order valence-corrected chi connectivity index (χ2v) is 3.39. The van der Waals surface area contributed by atoms with Crippen molar-refractivity contribution in [3.8, 4) is 0 Å². The molecule has 0 aromatic heterocycles. The maximum Gasteiger partial charge on any atom is 0.292 e. The number of nitrogens with zero attached hydrogens (tertiary/aromatic N) is 1. The van der Waals surface area contributed by atoms with Crippen LogP contribution in [-0.4, -0.2) is 10.3 Å². The number of anilines is 1. The molecule has 0 aliphatic rings. The topological polar surface area (TPSA) is 69.2 Å². The van der Waals surface area contributed by atoms with Crippen LogP contribution in [0.15, 0.2) is 18.2 Å². The number of hydrogen-bond donors (Lipinski definition) is 1. The highest BCUT2D eigenvalue weighted by atomic mass is 79.9. The summed E-state index contributed by atoms with van der Waals surface area (Å²) in [5, 5.41) is 11.1. The van der Waals surface area contributed by atoms with Gasteiger partial charge in [-0.1, -0.05) is 28.1 Å². The minimum Gasteiger partial charge on any atom is -0.393 e. The summed E-state index contributed by atoms with van der Waals surface area (Å²) in [4.78, 5) is 9.89. The maximum atomic E-state index is 13.2. The minimum atomic E-state index is -0.639. The van der Waals surface area contributed by atoms with Crippen LogP contribution in [0.25, 0.3) is 6.08 Å². The molecule has 0 bridgehead atoms. The molecule has 0 atom stereocenters. The van der Waals surface area contributed by atoms with Crippen molar-refractivity contribution in [1.82, 2.24) is 0 Å². The summed E-state index contributed by atoms with van der Waals surface area (Å²) in [5.41, 5.74) is 4.99. The van der Waals surface area contributed by atoms with E-state index in [1.54, 1.807) is 6.08 Å². The van der Waals surface area contributed by atoms with Crippen LogP contribution in [0.3, 0.4) is 0 Å². The van der Waals surface area contributed by atoms with Crippen molar-refractivity contribution < 1.29 is 9.31 Å². The summed E-state index contributed by atoms with van der Waals surface area (Å²) in [6.07, 6.45) is 3.09. The van der Waals surface area contributed by atoms with Gasteiger partial charge in [0.1, 0.15) is 11.5 Å². The predicted molar refractivity (Wildman–Crippen MR) is 60.3 cm³/mol. The fraction of sp³-hybridized carbons (Fsp3) is 0.111. The van der Waals surface area contributed by atoms with Crippen LogP contribution in [0.4, 0.5) is 15.8 Å². The number of alkyl halides is 1. The van der Waals surface area contributed by atoms with Crippen molar-refractivity contribution in [1.29, 1.82) is 0 Å². The van der Waals surface area contributed by atoms with E-state index in [0.29, 0.717) is 5.33 Å². The Balaban J connectivity index is 3.23. The van der Waals surface area contributed by atoms with Gasteiger partial charge in [-0.05, 0) is 0 Å². The summed E-state index contributed by atoms with van der Waals surface area (Å²) < 4.78 is 13.2. The third kappa shape index (κ3) is 2.76. The lowest BCUT2D eigenvalue weighted by Gasteiger charge is -2.00. The molecule has 0 heterocycles. The second kappa shape index (κ2) is 4.88.